The van der Waals surface area contributed by atoms with Gasteiger partial charge in [-0.2, -0.15) is 0 Å². The molecule has 0 bridgehead atoms. The smallest absolute Gasteiger partial charge is 0.122 e. The van der Waals surface area contributed by atoms with Crippen molar-refractivity contribution in [3.63, 3.8) is 0 Å². The SMILES string of the molecule is Cl.NCc1cccc2c1CCO2. The van der Waals surface area contributed by atoms with Crippen molar-refractivity contribution in [3.05, 3.63) is 29.3 Å². The monoisotopic (exact) mass is 185 g/mol. The molecule has 2 N–H and O–H groups in total. The molecule has 0 fully saturated rings. The van der Waals surface area contributed by atoms with Crippen LogP contribution in [0.2, 0.25) is 0 Å². The summed E-state index contributed by atoms with van der Waals surface area (Å²) in [6.45, 7) is 1.43. The minimum Gasteiger partial charge on any atom is -0.493 e. The minimum absolute atomic E-state index is 0. The van der Waals surface area contributed by atoms with Gasteiger partial charge in [-0.15, -0.1) is 12.4 Å². The lowest BCUT2D eigenvalue weighted by atomic mass is 10.1. The molecule has 0 unspecified atom stereocenters. The van der Waals surface area contributed by atoms with Gasteiger partial charge in [0, 0.05) is 18.5 Å². The lowest BCUT2D eigenvalue weighted by Gasteiger charge is -2.02. The fraction of sp³-hybridized carbons (Fsp3) is 0.333. The molecule has 0 aliphatic carbocycles. The van der Waals surface area contributed by atoms with Gasteiger partial charge in [0.15, 0.2) is 0 Å². The van der Waals surface area contributed by atoms with Crippen LogP contribution in [-0.2, 0) is 13.0 Å². The third-order valence-corrected chi connectivity index (χ3v) is 2.06. The number of ether oxygens (including phenoxy) is 1. The third kappa shape index (κ3) is 1.40. The third-order valence-electron chi connectivity index (χ3n) is 2.06. The molecule has 0 aromatic heterocycles. The topological polar surface area (TPSA) is 35.2 Å². The van der Waals surface area contributed by atoms with Crippen LogP contribution in [0.25, 0.3) is 0 Å². The van der Waals surface area contributed by atoms with Crippen LogP contribution < -0.4 is 10.5 Å². The molecule has 1 heterocycles. The molecule has 1 aromatic rings. The molecule has 3 heteroatoms. The fourth-order valence-electron chi connectivity index (χ4n) is 1.48. The van der Waals surface area contributed by atoms with Gasteiger partial charge >= 0.3 is 0 Å². The van der Waals surface area contributed by atoms with Crippen molar-refractivity contribution in [2.24, 2.45) is 5.73 Å². The van der Waals surface area contributed by atoms with Crippen LogP contribution in [0, 0.1) is 0 Å². The highest BCUT2D eigenvalue weighted by Gasteiger charge is 2.13. The molecule has 12 heavy (non-hydrogen) atoms. The summed E-state index contributed by atoms with van der Waals surface area (Å²) < 4.78 is 5.39. The zero-order chi connectivity index (χ0) is 7.68. The first-order valence-corrected chi connectivity index (χ1v) is 3.85. The summed E-state index contributed by atoms with van der Waals surface area (Å²) in [4.78, 5) is 0. The Hall–Kier alpha value is -0.730. The van der Waals surface area contributed by atoms with Gasteiger partial charge in [-0.25, -0.2) is 0 Å². The van der Waals surface area contributed by atoms with E-state index >= 15 is 0 Å². The summed E-state index contributed by atoms with van der Waals surface area (Å²) >= 11 is 0. The number of fused-ring (bicyclic) bond motifs is 1. The first kappa shape index (κ1) is 9.36. The van der Waals surface area contributed by atoms with Crippen LogP contribution in [0.4, 0.5) is 0 Å². The predicted molar refractivity (Wildman–Crippen MR) is 50.8 cm³/mol. The zero-order valence-corrected chi connectivity index (χ0v) is 7.56. The van der Waals surface area contributed by atoms with Gasteiger partial charge in [0.05, 0.1) is 6.61 Å². The van der Waals surface area contributed by atoms with Crippen LogP contribution in [0.15, 0.2) is 18.2 Å². The number of rotatable bonds is 1. The van der Waals surface area contributed by atoms with E-state index in [0.29, 0.717) is 6.54 Å². The van der Waals surface area contributed by atoms with E-state index in [1.165, 1.54) is 11.1 Å². The fourth-order valence-corrected chi connectivity index (χ4v) is 1.48. The molecule has 0 saturated carbocycles. The summed E-state index contributed by atoms with van der Waals surface area (Å²) in [5.74, 6) is 1.02. The molecule has 1 aliphatic heterocycles. The van der Waals surface area contributed by atoms with Gasteiger partial charge in [-0.1, -0.05) is 12.1 Å². The van der Waals surface area contributed by atoms with Gasteiger partial charge < -0.3 is 10.5 Å². The lowest BCUT2D eigenvalue weighted by Crippen LogP contribution is -1.99. The maximum Gasteiger partial charge on any atom is 0.122 e. The van der Waals surface area contributed by atoms with E-state index in [9.17, 15) is 0 Å². The molecule has 0 amide bonds. The highest BCUT2D eigenvalue weighted by molar-refractivity contribution is 5.85. The molecule has 66 valence electrons. The number of hydrogen-bond donors (Lipinski definition) is 1. The van der Waals surface area contributed by atoms with E-state index in [0.717, 1.165) is 18.8 Å². The Labute approximate surface area is 78.1 Å². The average molecular weight is 186 g/mol. The van der Waals surface area contributed by atoms with Crippen LogP contribution in [0.5, 0.6) is 5.75 Å². The van der Waals surface area contributed by atoms with Crippen LogP contribution in [0.3, 0.4) is 0 Å². The van der Waals surface area contributed by atoms with Crippen LogP contribution in [-0.4, -0.2) is 6.61 Å². The van der Waals surface area contributed by atoms with Crippen molar-refractivity contribution in [2.75, 3.05) is 6.61 Å². The quantitative estimate of drug-likeness (QED) is 0.720. The Bertz CT molecular complexity index is 275. The lowest BCUT2D eigenvalue weighted by molar-refractivity contribution is 0.357. The number of halogens is 1. The Balaban J connectivity index is 0.000000720. The number of hydrogen-bond acceptors (Lipinski definition) is 2. The Morgan fingerprint density at radius 2 is 2.25 bits per heavy atom. The van der Waals surface area contributed by atoms with E-state index in [1.807, 2.05) is 12.1 Å². The second kappa shape index (κ2) is 3.78. The molecule has 0 saturated heterocycles. The van der Waals surface area contributed by atoms with E-state index in [4.69, 9.17) is 10.5 Å². The van der Waals surface area contributed by atoms with Crippen molar-refractivity contribution >= 4 is 12.4 Å². The first-order valence-electron chi connectivity index (χ1n) is 3.85. The molecular formula is C9H12ClNO. The summed E-state index contributed by atoms with van der Waals surface area (Å²) in [5.41, 5.74) is 8.09. The van der Waals surface area contributed by atoms with Crippen molar-refractivity contribution in [2.45, 2.75) is 13.0 Å². The summed E-state index contributed by atoms with van der Waals surface area (Å²) in [5, 5.41) is 0. The molecule has 0 spiro atoms. The summed E-state index contributed by atoms with van der Waals surface area (Å²) in [6, 6.07) is 6.06. The number of nitrogens with two attached hydrogens (primary N) is 1. The van der Waals surface area contributed by atoms with Crippen LogP contribution in [0.1, 0.15) is 11.1 Å². The van der Waals surface area contributed by atoms with Crippen LogP contribution >= 0.6 is 12.4 Å². The van der Waals surface area contributed by atoms with E-state index in [-0.39, 0.29) is 12.4 Å². The molecular weight excluding hydrogens is 174 g/mol. The summed E-state index contributed by atoms with van der Waals surface area (Å²) in [6.07, 6.45) is 1.02. The Kier molecular flexibility index (Phi) is 2.95. The van der Waals surface area contributed by atoms with Gasteiger partial charge in [0.25, 0.3) is 0 Å². The van der Waals surface area contributed by atoms with Crippen molar-refractivity contribution in [1.82, 2.24) is 0 Å². The maximum absolute atomic E-state index is 5.57. The van der Waals surface area contributed by atoms with Gasteiger partial charge in [0.2, 0.25) is 0 Å². The van der Waals surface area contributed by atoms with Crippen molar-refractivity contribution < 1.29 is 4.74 Å². The van der Waals surface area contributed by atoms with E-state index < -0.39 is 0 Å². The van der Waals surface area contributed by atoms with Gasteiger partial charge in [0.1, 0.15) is 5.75 Å². The Morgan fingerprint density at radius 1 is 1.42 bits per heavy atom. The highest BCUT2D eigenvalue weighted by atomic mass is 35.5. The standard InChI is InChI=1S/C9H11NO.ClH/c10-6-7-2-1-3-9-8(7)4-5-11-9;/h1-3H,4-6,10H2;1H. The van der Waals surface area contributed by atoms with E-state index in [2.05, 4.69) is 6.07 Å². The molecule has 0 atom stereocenters. The van der Waals surface area contributed by atoms with Gasteiger partial charge in [-0.05, 0) is 11.6 Å². The molecule has 0 radical (unpaired) electrons. The number of benzene rings is 1. The molecule has 2 nitrogen and oxygen atoms in total. The minimum atomic E-state index is 0. The molecule has 2 rings (SSSR count). The summed E-state index contributed by atoms with van der Waals surface area (Å²) in [7, 11) is 0. The first-order chi connectivity index (χ1) is 5.42. The average Bonchev–Trinajstić information content (AvgIpc) is 2.50. The second-order valence-electron chi connectivity index (χ2n) is 2.70. The normalized spacial score (nSPS) is 13.1. The largest absolute Gasteiger partial charge is 0.493 e. The zero-order valence-electron chi connectivity index (χ0n) is 6.75. The Morgan fingerprint density at radius 3 is 3.00 bits per heavy atom. The predicted octanol–water partition coefficient (Wildman–Crippen LogP) is 1.50. The van der Waals surface area contributed by atoms with Crippen molar-refractivity contribution in [1.29, 1.82) is 0 Å². The van der Waals surface area contributed by atoms with Crippen molar-refractivity contribution in [3.8, 4) is 5.75 Å². The van der Waals surface area contributed by atoms with Gasteiger partial charge in [-0.3, -0.25) is 0 Å². The molecule has 1 aliphatic rings. The maximum atomic E-state index is 5.57. The second-order valence-corrected chi connectivity index (χ2v) is 2.70. The molecule has 1 aromatic carbocycles. The van der Waals surface area contributed by atoms with E-state index in [1.54, 1.807) is 0 Å². The highest BCUT2D eigenvalue weighted by Crippen LogP contribution is 2.27.